The standard InChI is InChI=1S/C17H23N3O3S/c1-12-4-3-5-14-17(12)19-15(18-14)8-9-16(21)20(13-6-7-13)10-11-24(2,22)23/h3-5,13H,6-11H2,1-2H3,(H,18,19). The molecule has 0 atom stereocenters. The summed E-state index contributed by atoms with van der Waals surface area (Å²) in [4.78, 5) is 22.0. The number of aromatic amines is 1. The van der Waals surface area contributed by atoms with Crippen LogP contribution in [0.25, 0.3) is 11.0 Å². The number of hydrogen-bond donors (Lipinski definition) is 1. The Morgan fingerprint density at radius 3 is 2.75 bits per heavy atom. The van der Waals surface area contributed by atoms with Gasteiger partial charge in [-0.1, -0.05) is 12.1 Å². The Balaban J connectivity index is 1.63. The fourth-order valence-corrected chi connectivity index (χ4v) is 3.40. The van der Waals surface area contributed by atoms with Crippen LogP contribution in [0.5, 0.6) is 0 Å². The summed E-state index contributed by atoms with van der Waals surface area (Å²) in [6.07, 6.45) is 4.03. The fourth-order valence-electron chi connectivity index (χ4n) is 2.88. The Morgan fingerprint density at radius 1 is 1.38 bits per heavy atom. The van der Waals surface area contributed by atoms with E-state index in [0.29, 0.717) is 19.4 Å². The highest BCUT2D eigenvalue weighted by atomic mass is 32.2. The van der Waals surface area contributed by atoms with Gasteiger partial charge in [0.1, 0.15) is 15.7 Å². The van der Waals surface area contributed by atoms with E-state index in [1.807, 2.05) is 25.1 Å². The Hall–Kier alpha value is -1.89. The van der Waals surface area contributed by atoms with Crippen molar-refractivity contribution in [2.24, 2.45) is 0 Å². The number of H-pyrrole nitrogens is 1. The highest BCUT2D eigenvalue weighted by molar-refractivity contribution is 7.90. The number of para-hydroxylation sites is 1. The molecule has 0 unspecified atom stereocenters. The zero-order valence-electron chi connectivity index (χ0n) is 14.1. The number of carbonyl (C=O) groups is 1. The van der Waals surface area contributed by atoms with Crippen LogP contribution < -0.4 is 0 Å². The summed E-state index contributed by atoms with van der Waals surface area (Å²) in [6.45, 7) is 2.31. The highest BCUT2D eigenvalue weighted by Gasteiger charge is 2.32. The van der Waals surface area contributed by atoms with E-state index >= 15 is 0 Å². The molecule has 1 N–H and O–H groups in total. The Bertz CT molecular complexity index is 853. The minimum Gasteiger partial charge on any atom is -0.342 e. The summed E-state index contributed by atoms with van der Waals surface area (Å²) in [5, 5.41) is 0. The lowest BCUT2D eigenvalue weighted by Crippen LogP contribution is -2.37. The lowest BCUT2D eigenvalue weighted by atomic mass is 10.2. The second-order valence-electron chi connectivity index (χ2n) is 6.60. The third kappa shape index (κ3) is 4.14. The van der Waals surface area contributed by atoms with Crippen molar-refractivity contribution in [3.63, 3.8) is 0 Å². The van der Waals surface area contributed by atoms with Crippen molar-refractivity contribution in [3.05, 3.63) is 29.6 Å². The van der Waals surface area contributed by atoms with Crippen molar-refractivity contribution in [1.29, 1.82) is 0 Å². The number of aryl methyl sites for hydroxylation is 2. The monoisotopic (exact) mass is 349 g/mol. The van der Waals surface area contributed by atoms with Crippen LogP contribution in [0.3, 0.4) is 0 Å². The maximum absolute atomic E-state index is 12.5. The number of imidazole rings is 1. The van der Waals surface area contributed by atoms with Gasteiger partial charge in [0.25, 0.3) is 0 Å². The second-order valence-corrected chi connectivity index (χ2v) is 8.86. The van der Waals surface area contributed by atoms with Gasteiger partial charge in [-0.15, -0.1) is 0 Å². The molecular weight excluding hydrogens is 326 g/mol. The van der Waals surface area contributed by atoms with Crippen LogP contribution in [0.1, 0.15) is 30.7 Å². The molecule has 0 spiro atoms. The molecule has 1 aliphatic carbocycles. The highest BCUT2D eigenvalue weighted by Crippen LogP contribution is 2.27. The van der Waals surface area contributed by atoms with E-state index < -0.39 is 9.84 Å². The maximum atomic E-state index is 12.5. The van der Waals surface area contributed by atoms with Gasteiger partial charge in [-0.3, -0.25) is 4.79 Å². The van der Waals surface area contributed by atoms with Crippen molar-refractivity contribution in [3.8, 4) is 0 Å². The first-order valence-electron chi connectivity index (χ1n) is 8.25. The van der Waals surface area contributed by atoms with Gasteiger partial charge in [0.2, 0.25) is 5.91 Å². The van der Waals surface area contributed by atoms with Crippen LogP contribution in [0.2, 0.25) is 0 Å². The molecule has 2 aromatic rings. The molecule has 1 aromatic carbocycles. The van der Waals surface area contributed by atoms with E-state index in [9.17, 15) is 13.2 Å². The first kappa shape index (κ1) is 17.0. The predicted molar refractivity (Wildman–Crippen MR) is 93.6 cm³/mol. The normalized spacial score (nSPS) is 14.9. The molecule has 0 radical (unpaired) electrons. The molecule has 1 aliphatic rings. The first-order valence-corrected chi connectivity index (χ1v) is 10.3. The number of sulfone groups is 1. The van der Waals surface area contributed by atoms with Crippen molar-refractivity contribution >= 4 is 26.8 Å². The van der Waals surface area contributed by atoms with E-state index in [4.69, 9.17) is 0 Å². The second kappa shape index (κ2) is 6.55. The van der Waals surface area contributed by atoms with Gasteiger partial charge >= 0.3 is 0 Å². The number of hydrogen-bond acceptors (Lipinski definition) is 4. The summed E-state index contributed by atoms with van der Waals surface area (Å²) in [7, 11) is -3.06. The van der Waals surface area contributed by atoms with E-state index in [1.54, 1.807) is 4.90 Å². The molecule has 3 rings (SSSR count). The van der Waals surface area contributed by atoms with Gasteiger partial charge < -0.3 is 9.88 Å². The molecule has 6 nitrogen and oxygen atoms in total. The van der Waals surface area contributed by atoms with E-state index in [0.717, 1.165) is 35.3 Å². The molecule has 24 heavy (non-hydrogen) atoms. The quantitative estimate of drug-likeness (QED) is 0.827. The van der Waals surface area contributed by atoms with Crippen LogP contribution in [0.4, 0.5) is 0 Å². The molecule has 7 heteroatoms. The number of aromatic nitrogens is 2. The number of nitrogens with one attached hydrogen (secondary N) is 1. The predicted octanol–water partition coefficient (Wildman–Crippen LogP) is 1.84. The fraction of sp³-hybridized carbons (Fsp3) is 0.529. The molecule has 0 aliphatic heterocycles. The summed E-state index contributed by atoms with van der Waals surface area (Å²) in [5.74, 6) is 0.837. The van der Waals surface area contributed by atoms with Crippen LogP contribution in [-0.4, -0.2) is 53.8 Å². The topological polar surface area (TPSA) is 83.1 Å². The number of rotatable bonds is 7. The van der Waals surface area contributed by atoms with Crippen LogP contribution >= 0.6 is 0 Å². The van der Waals surface area contributed by atoms with E-state index in [1.165, 1.54) is 6.26 Å². The Morgan fingerprint density at radius 2 is 2.12 bits per heavy atom. The lowest BCUT2D eigenvalue weighted by molar-refractivity contribution is -0.131. The van der Waals surface area contributed by atoms with Crippen molar-refractivity contribution < 1.29 is 13.2 Å². The zero-order chi connectivity index (χ0) is 17.3. The molecule has 0 saturated heterocycles. The van der Waals surface area contributed by atoms with Gasteiger partial charge in [0.05, 0.1) is 16.8 Å². The molecule has 1 aromatic heterocycles. The molecule has 0 bridgehead atoms. The molecule has 1 fully saturated rings. The van der Waals surface area contributed by atoms with Gasteiger partial charge in [0, 0.05) is 31.7 Å². The van der Waals surface area contributed by atoms with Crippen LogP contribution in [0.15, 0.2) is 18.2 Å². The smallest absolute Gasteiger partial charge is 0.223 e. The van der Waals surface area contributed by atoms with Crippen molar-refractivity contribution in [1.82, 2.24) is 14.9 Å². The molecule has 1 saturated carbocycles. The third-order valence-electron chi connectivity index (χ3n) is 4.35. The van der Waals surface area contributed by atoms with Gasteiger partial charge in [0.15, 0.2) is 0 Å². The van der Waals surface area contributed by atoms with Gasteiger partial charge in [-0.2, -0.15) is 0 Å². The van der Waals surface area contributed by atoms with Crippen LogP contribution in [-0.2, 0) is 21.1 Å². The van der Waals surface area contributed by atoms with Crippen LogP contribution in [0, 0.1) is 6.92 Å². The molecular formula is C17H23N3O3S. The Kier molecular flexibility index (Phi) is 4.62. The zero-order valence-corrected chi connectivity index (χ0v) is 14.9. The maximum Gasteiger partial charge on any atom is 0.223 e. The summed E-state index contributed by atoms with van der Waals surface area (Å²) in [6, 6.07) is 6.18. The minimum atomic E-state index is -3.06. The van der Waals surface area contributed by atoms with E-state index in [-0.39, 0.29) is 17.7 Å². The Labute approximate surface area is 142 Å². The van der Waals surface area contributed by atoms with E-state index in [2.05, 4.69) is 9.97 Å². The van der Waals surface area contributed by atoms with Crippen molar-refractivity contribution in [2.75, 3.05) is 18.6 Å². The largest absolute Gasteiger partial charge is 0.342 e. The minimum absolute atomic E-state index is 0.0123. The van der Waals surface area contributed by atoms with Gasteiger partial charge in [-0.05, 0) is 31.4 Å². The van der Waals surface area contributed by atoms with Crippen molar-refractivity contribution in [2.45, 2.75) is 38.6 Å². The van der Waals surface area contributed by atoms with Gasteiger partial charge in [-0.25, -0.2) is 13.4 Å². The summed E-state index contributed by atoms with van der Waals surface area (Å²) < 4.78 is 22.7. The molecule has 130 valence electrons. The summed E-state index contributed by atoms with van der Waals surface area (Å²) in [5.41, 5.74) is 3.03. The third-order valence-corrected chi connectivity index (χ3v) is 5.27. The number of fused-ring (bicyclic) bond motifs is 1. The number of carbonyl (C=O) groups excluding carboxylic acids is 1. The first-order chi connectivity index (χ1) is 11.3. The average Bonchev–Trinajstić information content (AvgIpc) is 3.23. The number of benzene rings is 1. The number of nitrogens with zero attached hydrogens (tertiary/aromatic N) is 2. The molecule has 1 amide bonds. The summed E-state index contributed by atoms with van der Waals surface area (Å²) >= 11 is 0. The average molecular weight is 349 g/mol. The SMILES string of the molecule is Cc1cccc2[nH]c(CCC(=O)N(CCS(C)(=O)=O)C3CC3)nc12. The number of amides is 1. The molecule has 1 heterocycles. The lowest BCUT2D eigenvalue weighted by Gasteiger charge is -2.21.